The van der Waals surface area contributed by atoms with E-state index in [1.807, 2.05) is 13.0 Å². The highest BCUT2D eigenvalue weighted by atomic mass is 32.2. The Labute approximate surface area is 94.5 Å². The molecular formula is C12H19NOS. The van der Waals surface area contributed by atoms with Crippen LogP contribution in [0.15, 0.2) is 30.3 Å². The van der Waals surface area contributed by atoms with E-state index in [2.05, 4.69) is 29.6 Å². The van der Waals surface area contributed by atoms with Crippen LogP contribution in [0.25, 0.3) is 0 Å². The molecule has 0 aromatic heterocycles. The van der Waals surface area contributed by atoms with E-state index in [1.165, 1.54) is 5.56 Å². The molecule has 0 spiro atoms. The fourth-order valence-electron chi connectivity index (χ4n) is 1.30. The van der Waals surface area contributed by atoms with Crippen LogP contribution in [0.4, 0.5) is 0 Å². The van der Waals surface area contributed by atoms with Crippen molar-refractivity contribution < 1.29 is 4.21 Å². The van der Waals surface area contributed by atoms with Crippen LogP contribution in [-0.4, -0.2) is 28.8 Å². The standard InChI is InChI=1S/C12H19NOS/c1-11(15(2)14)10-13-9-8-12-6-4-3-5-7-12/h3-7,11,13H,8-10H2,1-2H3. The van der Waals surface area contributed by atoms with Crippen molar-refractivity contribution in [2.45, 2.75) is 18.6 Å². The van der Waals surface area contributed by atoms with Crippen LogP contribution in [0.3, 0.4) is 0 Å². The molecule has 0 aliphatic heterocycles. The molecule has 0 fully saturated rings. The lowest BCUT2D eigenvalue weighted by Crippen LogP contribution is -2.29. The second-order valence-corrected chi connectivity index (χ2v) is 5.55. The summed E-state index contributed by atoms with van der Waals surface area (Å²) in [5.74, 6) is 0. The lowest BCUT2D eigenvalue weighted by atomic mass is 10.1. The van der Waals surface area contributed by atoms with Crippen molar-refractivity contribution in [3.63, 3.8) is 0 Å². The number of hydrogen-bond acceptors (Lipinski definition) is 2. The third-order valence-corrected chi connectivity index (χ3v) is 3.73. The molecule has 1 aromatic carbocycles. The summed E-state index contributed by atoms with van der Waals surface area (Å²) >= 11 is 0. The summed E-state index contributed by atoms with van der Waals surface area (Å²) in [6, 6.07) is 10.4. The Hall–Kier alpha value is -0.670. The van der Waals surface area contributed by atoms with Gasteiger partial charge in [-0.05, 0) is 25.5 Å². The Morgan fingerprint density at radius 2 is 2.00 bits per heavy atom. The molecule has 0 aliphatic rings. The smallest absolute Gasteiger partial charge is 0.0441 e. The maximum atomic E-state index is 11.1. The molecule has 0 saturated carbocycles. The minimum absolute atomic E-state index is 0.237. The third kappa shape index (κ3) is 5.09. The average molecular weight is 225 g/mol. The first-order valence-corrected chi connectivity index (χ1v) is 6.89. The van der Waals surface area contributed by atoms with Gasteiger partial charge in [-0.2, -0.15) is 0 Å². The first-order valence-electron chi connectivity index (χ1n) is 5.27. The first kappa shape index (κ1) is 12.4. The number of nitrogens with one attached hydrogen (secondary N) is 1. The average Bonchev–Trinajstić information content (AvgIpc) is 2.25. The lowest BCUT2D eigenvalue weighted by molar-refractivity contribution is 0.646. The Kier molecular flexibility index (Phi) is 5.58. The normalized spacial score (nSPS) is 14.8. The van der Waals surface area contributed by atoms with Crippen LogP contribution in [0.2, 0.25) is 0 Å². The van der Waals surface area contributed by atoms with Gasteiger partial charge in [0.1, 0.15) is 0 Å². The zero-order chi connectivity index (χ0) is 11.1. The molecule has 84 valence electrons. The van der Waals surface area contributed by atoms with Crippen LogP contribution >= 0.6 is 0 Å². The molecule has 1 rings (SSSR count). The minimum Gasteiger partial charge on any atom is -0.315 e. The lowest BCUT2D eigenvalue weighted by Gasteiger charge is -2.09. The quantitative estimate of drug-likeness (QED) is 0.745. The fraction of sp³-hybridized carbons (Fsp3) is 0.500. The highest BCUT2D eigenvalue weighted by Crippen LogP contribution is 1.98. The largest absolute Gasteiger partial charge is 0.315 e. The van der Waals surface area contributed by atoms with Gasteiger partial charge in [0.25, 0.3) is 0 Å². The summed E-state index contributed by atoms with van der Waals surface area (Å²) in [6.45, 7) is 3.78. The number of rotatable bonds is 6. The van der Waals surface area contributed by atoms with Crippen molar-refractivity contribution in [1.29, 1.82) is 0 Å². The highest BCUT2D eigenvalue weighted by Gasteiger charge is 2.04. The van der Waals surface area contributed by atoms with Gasteiger partial charge in [-0.15, -0.1) is 0 Å². The van der Waals surface area contributed by atoms with E-state index in [1.54, 1.807) is 6.26 Å². The molecule has 0 amide bonds. The third-order valence-electron chi connectivity index (χ3n) is 2.43. The van der Waals surface area contributed by atoms with Gasteiger partial charge in [0, 0.05) is 28.9 Å². The monoisotopic (exact) mass is 225 g/mol. The summed E-state index contributed by atoms with van der Waals surface area (Å²) in [7, 11) is -0.721. The molecule has 0 radical (unpaired) electrons. The molecule has 0 heterocycles. The Bertz CT molecular complexity index is 300. The van der Waals surface area contributed by atoms with Gasteiger partial charge in [0.2, 0.25) is 0 Å². The summed E-state index contributed by atoms with van der Waals surface area (Å²) in [5, 5.41) is 3.56. The molecule has 1 N–H and O–H groups in total. The van der Waals surface area contributed by atoms with E-state index < -0.39 is 10.8 Å². The minimum atomic E-state index is -0.721. The van der Waals surface area contributed by atoms with Crippen LogP contribution in [0.1, 0.15) is 12.5 Å². The summed E-state index contributed by atoms with van der Waals surface area (Å²) in [6.07, 6.45) is 2.79. The van der Waals surface area contributed by atoms with Crippen molar-refractivity contribution >= 4 is 10.8 Å². The number of benzene rings is 1. The van der Waals surface area contributed by atoms with Crippen LogP contribution < -0.4 is 5.32 Å². The van der Waals surface area contributed by atoms with Gasteiger partial charge in [0.05, 0.1) is 0 Å². The predicted molar refractivity (Wildman–Crippen MR) is 66.5 cm³/mol. The molecule has 1 aromatic rings. The van der Waals surface area contributed by atoms with Gasteiger partial charge < -0.3 is 5.32 Å². The molecule has 15 heavy (non-hydrogen) atoms. The zero-order valence-electron chi connectivity index (χ0n) is 9.40. The van der Waals surface area contributed by atoms with E-state index in [4.69, 9.17) is 0 Å². The maximum absolute atomic E-state index is 11.1. The SMILES string of the molecule is CC(CNCCc1ccccc1)S(C)=O. The van der Waals surface area contributed by atoms with Crippen molar-refractivity contribution in [2.75, 3.05) is 19.3 Å². The van der Waals surface area contributed by atoms with E-state index >= 15 is 0 Å². The highest BCUT2D eigenvalue weighted by molar-refractivity contribution is 7.84. The first-order chi connectivity index (χ1) is 7.20. The fourth-order valence-corrected chi connectivity index (χ4v) is 1.65. The Balaban J connectivity index is 2.15. The summed E-state index contributed by atoms with van der Waals surface area (Å²) < 4.78 is 11.1. The van der Waals surface area contributed by atoms with Gasteiger partial charge >= 0.3 is 0 Å². The van der Waals surface area contributed by atoms with E-state index in [0.29, 0.717) is 0 Å². The van der Waals surface area contributed by atoms with Crippen molar-refractivity contribution in [2.24, 2.45) is 0 Å². The second kappa shape index (κ2) is 6.75. The van der Waals surface area contributed by atoms with E-state index in [-0.39, 0.29) is 5.25 Å². The van der Waals surface area contributed by atoms with Crippen LogP contribution in [0, 0.1) is 0 Å². The molecule has 0 bridgehead atoms. The molecule has 0 saturated heterocycles. The Morgan fingerprint density at radius 1 is 1.33 bits per heavy atom. The molecule has 2 atom stereocenters. The molecule has 2 nitrogen and oxygen atoms in total. The predicted octanol–water partition coefficient (Wildman–Crippen LogP) is 1.59. The van der Waals surface area contributed by atoms with Gasteiger partial charge in [-0.25, -0.2) is 0 Å². The van der Waals surface area contributed by atoms with Crippen molar-refractivity contribution in [3.05, 3.63) is 35.9 Å². The molecule has 2 unspecified atom stereocenters. The summed E-state index contributed by atoms with van der Waals surface area (Å²) in [5.41, 5.74) is 1.34. The molecular weight excluding hydrogens is 206 g/mol. The maximum Gasteiger partial charge on any atom is 0.0441 e. The van der Waals surface area contributed by atoms with E-state index in [0.717, 1.165) is 19.5 Å². The van der Waals surface area contributed by atoms with Gasteiger partial charge in [0.15, 0.2) is 0 Å². The van der Waals surface area contributed by atoms with Crippen LogP contribution in [-0.2, 0) is 17.2 Å². The van der Waals surface area contributed by atoms with Gasteiger partial charge in [-0.3, -0.25) is 4.21 Å². The Morgan fingerprint density at radius 3 is 2.60 bits per heavy atom. The summed E-state index contributed by atoms with van der Waals surface area (Å²) in [4.78, 5) is 0. The van der Waals surface area contributed by atoms with Crippen LogP contribution in [0.5, 0.6) is 0 Å². The molecule has 0 aliphatic carbocycles. The van der Waals surface area contributed by atoms with Crippen molar-refractivity contribution in [3.8, 4) is 0 Å². The van der Waals surface area contributed by atoms with E-state index in [9.17, 15) is 4.21 Å². The zero-order valence-corrected chi connectivity index (χ0v) is 10.2. The number of hydrogen-bond donors (Lipinski definition) is 1. The topological polar surface area (TPSA) is 29.1 Å². The second-order valence-electron chi connectivity index (χ2n) is 3.75. The van der Waals surface area contributed by atoms with Gasteiger partial charge in [-0.1, -0.05) is 30.3 Å². The van der Waals surface area contributed by atoms with Crippen molar-refractivity contribution in [1.82, 2.24) is 5.32 Å². The molecule has 3 heteroatoms.